The van der Waals surface area contributed by atoms with Gasteiger partial charge in [0.15, 0.2) is 11.6 Å². The Hall–Kier alpha value is -1.98. The lowest BCUT2D eigenvalue weighted by molar-refractivity contribution is 0.0739. The fourth-order valence-electron chi connectivity index (χ4n) is 3.96. The molecule has 4 rings (SSSR count). The summed E-state index contributed by atoms with van der Waals surface area (Å²) < 4.78 is 1.06. The van der Waals surface area contributed by atoms with Gasteiger partial charge in [0.1, 0.15) is 5.41 Å². The third-order valence-electron chi connectivity index (χ3n) is 5.41. The van der Waals surface area contributed by atoms with Gasteiger partial charge in [-0.1, -0.05) is 71.8 Å². The monoisotopic (exact) mass is 472 g/mol. The lowest BCUT2D eigenvalue weighted by Gasteiger charge is -2.35. The summed E-state index contributed by atoms with van der Waals surface area (Å²) in [6.45, 7) is 3.72. The van der Waals surface area contributed by atoms with Gasteiger partial charge < -0.3 is 0 Å². The number of Topliss-reactive ketones (excluding diaryl/α,β-unsaturated/α-hetero) is 2. The Morgan fingerprint density at radius 3 is 1.90 bits per heavy atom. The molecule has 0 aliphatic heterocycles. The van der Waals surface area contributed by atoms with Crippen LogP contribution in [0.4, 0.5) is 0 Å². The molecule has 2 aromatic heterocycles. The summed E-state index contributed by atoms with van der Waals surface area (Å²) in [5.74, 6) is -0.455. The Bertz CT molecular complexity index is 1140. The predicted octanol–water partition coefficient (Wildman–Crippen LogP) is 7.83. The van der Waals surface area contributed by atoms with Crippen molar-refractivity contribution in [2.24, 2.45) is 5.41 Å². The fourth-order valence-corrected chi connectivity index (χ4v) is 6.33. The van der Waals surface area contributed by atoms with Crippen LogP contribution in [-0.4, -0.2) is 11.6 Å². The molecule has 0 spiro atoms. The summed E-state index contributed by atoms with van der Waals surface area (Å²) in [6, 6.07) is 12.9. The third kappa shape index (κ3) is 3.52. The van der Waals surface area contributed by atoms with Crippen LogP contribution in [0.25, 0.3) is 5.57 Å². The molecule has 3 aromatic rings. The van der Waals surface area contributed by atoms with Crippen LogP contribution in [0.3, 0.4) is 0 Å². The van der Waals surface area contributed by atoms with Crippen LogP contribution in [0, 0.1) is 19.3 Å². The Morgan fingerprint density at radius 2 is 1.43 bits per heavy atom. The van der Waals surface area contributed by atoms with E-state index in [-0.39, 0.29) is 18.0 Å². The number of carbonyl (C=O) groups excluding carboxylic acids is 2. The SMILES string of the molecule is Cc1sc(Cl)cc1C(=O)C1(C(=O)c2cc(Cl)sc2C)CC=CC=C1c1ccccc1. The second kappa shape index (κ2) is 8.27. The van der Waals surface area contributed by atoms with E-state index in [0.29, 0.717) is 25.4 Å². The molecular formula is C24H18Cl2O2S2. The van der Waals surface area contributed by atoms with Crippen molar-refractivity contribution in [3.05, 3.63) is 95.8 Å². The average Bonchev–Trinajstić information content (AvgIpc) is 3.26. The summed E-state index contributed by atoms with van der Waals surface area (Å²) in [5.41, 5.74) is 1.16. The van der Waals surface area contributed by atoms with E-state index in [1.165, 1.54) is 22.7 Å². The standard InChI is InChI=1S/C24H18Cl2O2S2/c1-14-17(12-20(25)29-14)22(27)24(23(28)18-13-21(26)30-15(18)2)11-7-6-10-19(24)16-8-4-3-5-9-16/h3-10,12-13H,11H2,1-2H3. The molecule has 0 saturated carbocycles. The first-order chi connectivity index (χ1) is 14.3. The molecule has 0 radical (unpaired) electrons. The van der Waals surface area contributed by atoms with Gasteiger partial charge >= 0.3 is 0 Å². The van der Waals surface area contributed by atoms with Gasteiger partial charge in [-0.05, 0) is 43.5 Å². The lowest BCUT2D eigenvalue weighted by Crippen LogP contribution is -2.41. The molecule has 6 heteroatoms. The first kappa shape index (κ1) is 21.3. The van der Waals surface area contributed by atoms with Gasteiger partial charge in [0.05, 0.1) is 8.67 Å². The maximum Gasteiger partial charge on any atom is 0.182 e. The molecule has 0 N–H and O–H groups in total. The van der Waals surface area contributed by atoms with Gasteiger partial charge in [-0.15, -0.1) is 22.7 Å². The maximum atomic E-state index is 14.1. The number of thiophene rings is 2. The van der Waals surface area contributed by atoms with E-state index in [4.69, 9.17) is 23.2 Å². The van der Waals surface area contributed by atoms with Crippen molar-refractivity contribution < 1.29 is 9.59 Å². The van der Waals surface area contributed by atoms with Crippen molar-refractivity contribution >= 4 is 63.0 Å². The molecule has 1 aliphatic rings. The molecule has 0 amide bonds. The number of hydrogen-bond donors (Lipinski definition) is 0. The average molecular weight is 473 g/mol. The second-order valence-corrected chi connectivity index (χ2v) is 11.0. The van der Waals surface area contributed by atoms with Gasteiger partial charge in [0.2, 0.25) is 0 Å². The number of halogens is 2. The number of hydrogen-bond acceptors (Lipinski definition) is 4. The quantitative estimate of drug-likeness (QED) is 0.280. The Balaban J connectivity index is 1.98. The van der Waals surface area contributed by atoms with Crippen LogP contribution in [-0.2, 0) is 0 Å². The maximum absolute atomic E-state index is 14.1. The number of carbonyl (C=O) groups is 2. The van der Waals surface area contributed by atoms with Crippen molar-refractivity contribution in [1.82, 2.24) is 0 Å². The Morgan fingerprint density at radius 1 is 0.900 bits per heavy atom. The van der Waals surface area contributed by atoms with Crippen LogP contribution in [0.1, 0.15) is 42.5 Å². The number of ketones is 2. The van der Waals surface area contributed by atoms with Crippen molar-refractivity contribution in [1.29, 1.82) is 0 Å². The van der Waals surface area contributed by atoms with E-state index in [0.717, 1.165) is 15.3 Å². The molecule has 1 aromatic carbocycles. The van der Waals surface area contributed by atoms with Crippen molar-refractivity contribution in [2.45, 2.75) is 20.3 Å². The molecule has 0 bridgehead atoms. The van der Waals surface area contributed by atoms with Crippen LogP contribution in [0.5, 0.6) is 0 Å². The van der Waals surface area contributed by atoms with Gasteiger partial charge in [-0.25, -0.2) is 0 Å². The summed E-state index contributed by atoms with van der Waals surface area (Å²) >= 11 is 15.1. The van der Waals surface area contributed by atoms with Gasteiger partial charge in [-0.3, -0.25) is 9.59 Å². The topological polar surface area (TPSA) is 34.1 Å². The molecule has 0 unspecified atom stereocenters. The summed E-state index contributed by atoms with van der Waals surface area (Å²) in [5, 5.41) is 0. The van der Waals surface area contributed by atoms with Crippen LogP contribution in [0.2, 0.25) is 8.67 Å². The molecule has 1 aliphatic carbocycles. The summed E-state index contributed by atoms with van der Waals surface area (Å²) in [4.78, 5) is 29.8. The van der Waals surface area contributed by atoms with Crippen LogP contribution >= 0.6 is 45.9 Å². The van der Waals surface area contributed by atoms with E-state index in [9.17, 15) is 9.59 Å². The highest BCUT2D eigenvalue weighted by molar-refractivity contribution is 7.16. The minimum Gasteiger partial charge on any atom is -0.293 e. The fraction of sp³-hybridized carbons (Fsp3) is 0.167. The van der Waals surface area contributed by atoms with E-state index in [2.05, 4.69) is 0 Å². The summed E-state index contributed by atoms with van der Waals surface area (Å²) in [7, 11) is 0. The lowest BCUT2D eigenvalue weighted by atomic mass is 9.63. The van der Waals surface area contributed by atoms with Crippen molar-refractivity contribution in [3.8, 4) is 0 Å². The Labute approximate surface area is 193 Å². The molecule has 152 valence electrons. The minimum absolute atomic E-state index is 0.227. The first-order valence-corrected chi connectivity index (χ1v) is 11.8. The van der Waals surface area contributed by atoms with Crippen LogP contribution in [0.15, 0.2) is 60.7 Å². The minimum atomic E-state index is -1.37. The highest BCUT2D eigenvalue weighted by Gasteiger charge is 2.50. The largest absolute Gasteiger partial charge is 0.293 e. The van der Waals surface area contributed by atoms with E-state index >= 15 is 0 Å². The number of aryl methyl sites for hydroxylation is 2. The van der Waals surface area contributed by atoms with Crippen molar-refractivity contribution in [3.63, 3.8) is 0 Å². The first-order valence-electron chi connectivity index (χ1n) is 9.39. The Kier molecular flexibility index (Phi) is 5.86. The smallest absolute Gasteiger partial charge is 0.182 e. The van der Waals surface area contributed by atoms with Gasteiger partial charge in [0, 0.05) is 20.9 Å². The highest BCUT2D eigenvalue weighted by atomic mass is 35.5. The molecule has 2 nitrogen and oxygen atoms in total. The van der Waals surface area contributed by atoms with Crippen LogP contribution < -0.4 is 0 Å². The van der Waals surface area contributed by atoms with Gasteiger partial charge in [0.25, 0.3) is 0 Å². The van der Waals surface area contributed by atoms with Gasteiger partial charge in [-0.2, -0.15) is 0 Å². The zero-order chi connectivity index (χ0) is 21.5. The number of benzene rings is 1. The number of allylic oxidation sites excluding steroid dienone is 4. The molecular weight excluding hydrogens is 455 g/mol. The normalized spacial score (nSPS) is 15.1. The predicted molar refractivity (Wildman–Crippen MR) is 127 cm³/mol. The molecule has 0 saturated heterocycles. The highest BCUT2D eigenvalue weighted by Crippen LogP contribution is 2.48. The molecule has 0 fully saturated rings. The van der Waals surface area contributed by atoms with Crippen molar-refractivity contribution in [2.75, 3.05) is 0 Å². The zero-order valence-electron chi connectivity index (χ0n) is 16.4. The summed E-state index contributed by atoms with van der Waals surface area (Å²) in [6.07, 6.45) is 5.95. The molecule has 30 heavy (non-hydrogen) atoms. The number of rotatable bonds is 5. The second-order valence-electron chi connectivity index (χ2n) is 7.18. The third-order valence-corrected chi connectivity index (χ3v) is 7.77. The zero-order valence-corrected chi connectivity index (χ0v) is 19.5. The molecule has 0 atom stereocenters. The van der Waals surface area contributed by atoms with E-state index in [1.54, 1.807) is 12.1 Å². The van der Waals surface area contributed by atoms with E-state index < -0.39 is 5.41 Å². The van der Waals surface area contributed by atoms with E-state index in [1.807, 2.05) is 62.4 Å². The molecule has 2 heterocycles.